The SMILES string of the molecule is CCOCC1CCN(c2ccc(N)cc2)CC1. The van der Waals surface area contributed by atoms with Crippen molar-refractivity contribution in [3.63, 3.8) is 0 Å². The molecule has 1 aliphatic rings. The molecule has 0 saturated carbocycles. The Bertz CT molecular complexity index is 329. The third-order valence-electron chi connectivity index (χ3n) is 3.43. The molecular weight excluding hydrogens is 212 g/mol. The van der Waals surface area contributed by atoms with Crippen molar-refractivity contribution in [3.05, 3.63) is 24.3 Å². The Morgan fingerprint density at radius 1 is 1.24 bits per heavy atom. The zero-order valence-corrected chi connectivity index (χ0v) is 10.6. The Morgan fingerprint density at radius 3 is 2.47 bits per heavy atom. The van der Waals surface area contributed by atoms with Crippen molar-refractivity contribution in [1.29, 1.82) is 0 Å². The molecule has 0 aliphatic carbocycles. The number of nitrogens with zero attached hydrogens (tertiary/aromatic N) is 1. The Kier molecular flexibility index (Phi) is 4.26. The molecule has 2 rings (SSSR count). The lowest BCUT2D eigenvalue weighted by molar-refractivity contribution is 0.100. The largest absolute Gasteiger partial charge is 0.399 e. The maximum Gasteiger partial charge on any atom is 0.0495 e. The van der Waals surface area contributed by atoms with Gasteiger partial charge in [-0.25, -0.2) is 0 Å². The van der Waals surface area contributed by atoms with Gasteiger partial charge in [0.25, 0.3) is 0 Å². The minimum Gasteiger partial charge on any atom is -0.399 e. The van der Waals surface area contributed by atoms with Gasteiger partial charge in [-0.05, 0) is 49.9 Å². The molecule has 17 heavy (non-hydrogen) atoms. The van der Waals surface area contributed by atoms with Gasteiger partial charge in [0.15, 0.2) is 0 Å². The summed E-state index contributed by atoms with van der Waals surface area (Å²) in [6.45, 7) is 6.07. The van der Waals surface area contributed by atoms with Crippen LogP contribution in [0.1, 0.15) is 19.8 Å². The van der Waals surface area contributed by atoms with Crippen LogP contribution in [0.15, 0.2) is 24.3 Å². The van der Waals surface area contributed by atoms with Crippen LogP contribution in [0, 0.1) is 5.92 Å². The van der Waals surface area contributed by atoms with Crippen LogP contribution in [0.4, 0.5) is 11.4 Å². The predicted octanol–water partition coefficient (Wildman–Crippen LogP) is 2.52. The molecule has 0 atom stereocenters. The minimum absolute atomic E-state index is 0.736. The topological polar surface area (TPSA) is 38.5 Å². The Balaban J connectivity index is 1.84. The maximum absolute atomic E-state index is 5.70. The van der Waals surface area contributed by atoms with Crippen LogP contribution in [0.25, 0.3) is 0 Å². The number of benzene rings is 1. The highest BCUT2D eigenvalue weighted by Gasteiger charge is 2.19. The van der Waals surface area contributed by atoms with E-state index in [0.717, 1.165) is 37.9 Å². The number of rotatable bonds is 4. The molecule has 1 heterocycles. The Hall–Kier alpha value is -1.22. The van der Waals surface area contributed by atoms with Crippen LogP contribution in [-0.4, -0.2) is 26.3 Å². The highest BCUT2D eigenvalue weighted by molar-refractivity contribution is 5.53. The number of piperidine rings is 1. The Morgan fingerprint density at radius 2 is 1.88 bits per heavy atom. The first-order valence-corrected chi connectivity index (χ1v) is 6.48. The summed E-state index contributed by atoms with van der Waals surface area (Å²) < 4.78 is 5.49. The van der Waals surface area contributed by atoms with Gasteiger partial charge in [-0.15, -0.1) is 0 Å². The second-order valence-electron chi connectivity index (χ2n) is 4.68. The standard InChI is InChI=1S/C14H22N2O/c1-2-17-11-12-7-9-16(10-8-12)14-5-3-13(15)4-6-14/h3-6,12H,2,7-11,15H2,1H3. The molecule has 3 nitrogen and oxygen atoms in total. The van der Waals surface area contributed by atoms with Gasteiger partial charge in [0.05, 0.1) is 0 Å². The first kappa shape index (κ1) is 12.2. The van der Waals surface area contributed by atoms with Crippen molar-refractivity contribution >= 4 is 11.4 Å². The van der Waals surface area contributed by atoms with E-state index in [1.165, 1.54) is 18.5 Å². The van der Waals surface area contributed by atoms with E-state index >= 15 is 0 Å². The van der Waals surface area contributed by atoms with Crippen molar-refractivity contribution in [2.75, 3.05) is 36.9 Å². The predicted molar refractivity (Wildman–Crippen MR) is 72.3 cm³/mol. The molecule has 1 aliphatic heterocycles. The van der Waals surface area contributed by atoms with E-state index in [1.807, 2.05) is 12.1 Å². The fourth-order valence-corrected chi connectivity index (χ4v) is 2.33. The summed E-state index contributed by atoms with van der Waals surface area (Å²) in [6, 6.07) is 8.17. The van der Waals surface area contributed by atoms with Crippen LogP contribution in [0.5, 0.6) is 0 Å². The van der Waals surface area contributed by atoms with E-state index in [4.69, 9.17) is 10.5 Å². The van der Waals surface area contributed by atoms with Crippen LogP contribution < -0.4 is 10.6 Å². The lowest BCUT2D eigenvalue weighted by atomic mass is 9.97. The van der Waals surface area contributed by atoms with Crippen molar-refractivity contribution < 1.29 is 4.74 Å². The molecular formula is C14H22N2O. The normalized spacial score (nSPS) is 17.4. The van der Waals surface area contributed by atoms with Crippen LogP contribution in [0.2, 0.25) is 0 Å². The number of ether oxygens (including phenoxy) is 1. The summed E-state index contributed by atoms with van der Waals surface area (Å²) in [5.74, 6) is 0.736. The van der Waals surface area contributed by atoms with Gasteiger partial charge in [-0.2, -0.15) is 0 Å². The molecule has 1 saturated heterocycles. The zero-order chi connectivity index (χ0) is 12.1. The minimum atomic E-state index is 0.736. The van der Waals surface area contributed by atoms with Crippen LogP contribution >= 0.6 is 0 Å². The average molecular weight is 234 g/mol. The zero-order valence-electron chi connectivity index (χ0n) is 10.6. The Labute approximate surface area is 104 Å². The molecule has 94 valence electrons. The fourth-order valence-electron chi connectivity index (χ4n) is 2.33. The van der Waals surface area contributed by atoms with Gasteiger partial charge in [-0.3, -0.25) is 0 Å². The molecule has 0 radical (unpaired) electrons. The first-order chi connectivity index (χ1) is 8.29. The fraction of sp³-hybridized carbons (Fsp3) is 0.571. The maximum atomic E-state index is 5.70. The van der Waals surface area contributed by atoms with E-state index in [-0.39, 0.29) is 0 Å². The van der Waals surface area contributed by atoms with Crippen molar-refractivity contribution in [3.8, 4) is 0 Å². The molecule has 0 bridgehead atoms. The van der Waals surface area contributed by atoms with E-state index < -0.39 is 0 Å². The monoisotopic (exact) mass is 234 g/mol. The molecule has 0 spiro atoms. The number of nitrogen functional groups attached to an aromatic ring is 1. The molecule has 2 N–H and O–H groups in total. The third kappa shape index (κ3) is 3.37. The average Bonchev–Trinajstić information content (AvgIpc) is 2.38. The molecule has 0 amide bonds. The van der Waals surface area contributed by atoms with Crippen molar-refractivity contribution in [2.45, 2.75) is 19.8 Å². The van der Waals surface area contributed by atoms with Crippen LogP contribution in [0.3, 0.4) is 0 Å². The van der Waals surface area contributed by atoms with Crippen LogP contribution in [-0.2, 0) is 4.74 Å². The van der Waals surface area contributed by atoms with Gasteiger partial charge >= 0.3 is 0 Å². The lowest BCUT2D eigenvalue weighted by Gasteiger charge is -2.33. The molecule has 0 aromatic heterocycles. The van der Waals surface area contributed by atoms with E-state index in [9.17, 15) is 0 Å². The molecule has 1 fully saturated rings. The lowest BCUT2D eigenvalue weighted by Crippen LogP contribution is -2.35. The number of anilines is 2. The number of hydrogen-bond donors (Lipinski definition) is 1. The third-order valence-corrected chi connectivity index (χ3v) is 3.43. The smallest absolute Gasteiger partial charge is 0.0495 e. The van der Waals surface area contributed by atoms with E-state index in [0.29, 0.717) is 0 Å². The summed E-state index contributed by atoms with van der Waals surface area (Å²) in [6.07, 6.45) is 2.45. The molecule has 0 unspecified atom stereocenters. The second kappa shape index (κ2) is 5.92. The van der Waals surface area contributed by atoms with Gasteiger partial charge in [0, 0.05) is 37.7 Å². The summed E-state index contributed by atoms with van der Waals surface area (Å²) in [5.41, 5.74) is 7.82. The van der Waals surface area contributed by atoms with Gasteiger partial charge in [0.1, 0.15) is 0 Å². The van der Waals surface area contributed by atoms with E-state index in [1.54, 1.807) is 0 Å². The quantitative estimate of drug-likeness (QED) is 0.814. The van der Waals surface area contributed by atoms with Crippen molar-refractivity contribution in [2.24, 2.45) is 5.92 Å². The highest BCUT2D eigenvalue weighted by Crippen LogP contribution is 2.24. The first-order valence-electron chi connectivity index (χ1n) is 6.48. The van der Waals surface area contributed by atoms with E-state index in [2.05, 4.69) is 24.0 Å². The summed E-state index contributed by atoms with van der Waals surface area (Å²) in [4.78, 5) is 2.43. The second-order valence-corrected chi connectivity index (χ2v) is 4.68. The number of hydrogen-bond acceptors (Lipinski definition) is 3. The molecule has 3 heteroatoms. The summed E-state index contributed by atoms with van der Waals surface area (Å²) >= 11 is 0. The van der Waals surface area contributed by atoms with Gasteiger partial charge in [-0.1, -0.05) is 0 Å². The van der Waals surface area contributed by atoms with Gasteiger partial charge in [0.2, 0.25) is 0 Å². The summed E-state index contributed by atoms with van der Waals surface area (Å²) in [7, 11) is 0. The molecule has 1 aromatic rings. The number of nitrogens with two attached hydrogens (primary N) is 1. The molecule has 1 aromatic carbocycles. The highest BCUT2D eigenvalue weighted by atomic mass is 16.5. The van der Waals surface area contributed by atoms with Crippen molar-refractivity contribution in [1.82, 2.24) is 0 Å². The van der Waals surface area contributed by atoms with Gasteiger partial charge < -0.3 is 15.4 Å². The summed E-state index contributed by atoms with van der Waals surface area (Å²) in [5, 5.41) is 0.